The summed E-state index contributed by atoms with van der Waals surface area (Å²) in [5.74, 6) is -0.180. The van der Waals surface area contributed by atoms with E-state index in [2.05, 4.69) is 15.5 Å². The number of rotatable bonds is 6. The summed E-state index contributed by atoms with van der Waals surface area (Å²) in [7, 11) is -3.53. The summed E-state index contributed by atoms with van der Waals surface area (Å²) in [5.41, 5.74) is 3.17. The lowest BCUT2D eigenvalue weighted by Crippen LogP contribution is -2.39. The molecule has 2 N–H and O–H groups in total. The van der Waals surface area contributed by atoms with E-state index in [4.69, 9.17) is 16.3 Å². The molecule has 0 aliphatic carbocycles. The summed E-state index contributed by atoms with van der Waals surface area (Å²) in [6.07, 6.45) is 0.697. The van der Waals surface area contributed by atoms with E-state index in [0.717, 1.165) is 16.9 Å². The zero-order chi connectivity index (χ0) is 21.8. The van der Waals surface area contributed by atoms with Gasteiger partial charge in [0.2, 0.25) is 10.0 Å². The van der Waals surface area contributed by atoms with Crippen molar-refractivity contribution in [2.75, 3.05) is 59.7 Å². The number of nitrogens with one attached hydrogen (secondary N) is 2. The van der Waals surface area contributed by atoms with Crippen LogP contribution in [-0.2, 0) is 21.2 Å². The first-order chi connectivity index (χ1) is 14.9. The minimum Gasteiger partial charge on any atom is -0.378 e. The van der Waals surface area contributed by atoms with Crippen molar-refractivity contribution in [2.24, 2.45) is 0 Å². The highest BCUT2D eigenvalue weighted by Gasteiger charge is 2.28. The predicted octanol–water partition coefficient (Wildman–Crippen LogP) is 2.69. The highest BCUT2D eigenvalue weighted by molar-refractivity contribution is 7.92. The molecule has 0 radical (unpaired) electrons. The van der Waals surface area contributed by atoms with E-state index in [1.54, 1.807) is 12.1 Å². The number of urea groups is 1. The molecular formula is C21H25ClN4O4S. The van der Waals surface area contributed by atoms with Crippen molar-refractivity contribution in [2.45, 2.75) is 6.42 Å². The minimum absolute atomic E-state index is 0.000285. The first-order valence-corrected chi connectivity index (χ1v) is 12.2. The summed E-state index contributed by atoms with van der Waals surface area (Å²) in [5, 5.41) is 5.94. The zero-order valence-electron chi connectivity index (χ0n) is 17.0. The molecule has 2 aliphatic heterocycles. The molecule has 1 fully saturated rings. The quantitative estimate of drug-likeness (QED) is 0.686. The number of hydrogen-bond donors (Lipinski definition) is 2. The Bertz CT molecular complexity index is 1060. The molecule has 2 aliphatic rings. The Kier molecular flexibility index (Phi) is 6.54. The van der Waals surface area contributed by atoms with Crippen molar-refractivity contribution in [3.05, 3.63) is 53.1 Å². The van der Waals surface area contributed by atoms with Gasteiger partial charge in [0.15, 0.2) is 0 Å². The number of fused-ring (bicyclic) bond motifs is 1. The summed E-state index contributed by atoms with van der Waals surface area (Å²) in [4.78, 5) is 14.6. The molecule has 0 aromatic heterocycles. The van der Waals surface area contributed by atoms with Gasteiger partial charge in [-0.2, -0.15) is 0 Å². The van der Waals surface area contributed by atoms with E-state index < -0.39 is 16.1 Å². The van der Waals surface area contributed by atoms with Crippen LogP contribution in [0.25, 0.3) is 0 Å². The molecule has 2 aromatic rings. The number of morpholine rings is 1. The lowest BCUT2D eigenvalue weighted by molar-refractivity contribution is 0.123. The summed E-state index contributed by atoms with van der Waals surface area (Å²) in [6.45, 7) is 3.10. The second-order valence-electron chi connectivity index (χ2n) is 7.41. The monoisotopic (exact) mass is 464 g/mol. The van der Waals surface area contributed by atoms with Crippen LogP contribution in [0.1, 0.15) is 5.56 Å². The molecule has 166 valence electrons. The van der Waals surface area contributed by atoms with E-state index in [0.29, 0.717) is 50.0 Å². The molecule has 4 rings (SSSR count). The number of carbonyl (C=O) groups excluding carboxylic acids is 1. The number of hydrogen-bond acceptors (Lipinski definition) is 5. The van der Waals surface area contributed by atoms with Gasteiger partial charge in [0.25, 0.3) is 0 Å². The normalized spacial score (nSPS) is 16.2. The Morgan fingerprint density at radius 1 is 1.06 bits per heavy atom. The highest BCUT2D eigenvalue weighted by atomic mass is 35.5. The minimum atomic E-state index is -3.53. The van der Waals surface area contributed by atoms with Crippen molar-refractivity contribution in [1.29, 1.82) is 0 Å². The van der Waals surface area contributed by atoms with Crippen molar-refractivity contribution in [3.63, 3.8) is 0 Å². The van der Waals surface area contributed by atoms with Crippen molar-refractivity contribution >= 4 is 44.7 Å². The maximum Gasteiger partial charge on any atom is 0.319 e. The van der Waals surface area contributed by atoms with Crippen LogP contribution in [0.5, 0.6) is 0 Å². The molecule has 2 heterocycles. The molecule has 0 unspecified atom stereocenters. The van der Waals surface area contributed by atoms with Gasteiger partial charge in [-0.3, -0.25) is 4.31 Å². The maximum atomic E-state index is 12.8. The van der Waals surface area contributed by atoms with Crippen LogP contribution in [0.15, 0.2) is 42.5 Å². The summed E-state index contributed by atoms with van der Waals surface area (Å²) in [6, 6.07) is 12.3. The van der Waals surface area contributed by atoms with Crippen LogP contribution in [-0.4, -0.2) is 59.6 Å². The smallest absolute Gasteiger partial charge is 0.319 e. The third-order valence-corrected chi connectivity index (χ3v) is 7.39. The predicted molar refractivity (Wildman–Crippen MR) is 123 cm³/mol. The van der Waals surface area contributed by atoms with Gasteiger partial charge in [-0.1, -0.05) is 29.8 Å². The maximum absolute atomic E-state index is 12.8. The molecule has 31 heavy (non-hydrogen) atoms. The second-order valence-corrected chi connectivity index (χ2v) is 9.86. The van der Waals surface area contributed by atoms with Gasteiger partial charge in [0, 0.05) is 31.2 Å². The largest absolute Gasteiger partial charge is 0.378 e. The molecule has 0 saturated carbocycles. The number of ether oxygens (including phenoxy) is 1. The van der Waals surface area contributed by atoms with Crippen molar-refractivity contribution < 1.29 is 17.9 Å². The van der Waals surface area contributed by atoms with Gasteiger partial charge in [0.05, 0.1) is 36.0 Å². The Morgan fingerprint density at radius 3 is 2.65 bits per heavy atom. The van der Waals surface area contributed by atoms with Gasteiger partial charge in [-0.25, -0.2) is 13.2 Å². The Labute approximate surface area is 187 Å². The van der Waals surface area contributed by atoms with Crippen LogP contribution >= 0.6 is 11.6 Å². The third kappa shape index (κ3) is 5.06. The van der Waals surface area contributed by atoms with E-state index in [-0.39, 0.29) is 12.3 Å². The van der Waals surface area contributed by atoms with Crippen LogP contribution in [0.3, 0.4) is 0 Å². The summed E-state index contributed by atoms with van der Waals surface area (Å²) < 4.78 is 32.3. The van der Waals surface area contributed by atoms with E-state index in [1.807, 2.05) is 30.3 Å². The number of carbonyl (C=O) groups is 1. The van der Waals surface area contributed by atoms with Gasteiger partial charge < -0.3 is 20.3 Å². The summed E-state index contributed by atoms with van der Waals surface area (Å²) >= 11 is 6.12. The van der Waals surface area contributed by atoms with Crippen LogP contribution < -0.4 is 19.8 Å². The van der Waals surface area contributed by atoms with Crippen molar-refractivity contribution in [3.8, 4) is 0 Å². The van der Waals surface area contributed by atoms with Crippen LogP contribution in [0.4, 0.5) is 21.9 Å². The molecule has 2 aromatic carbocycles. The Balaban J connectivity index is 1.35. The first-order valence-electron chi connectivity index (χ1n) is 10.2. The molecule has 1 saturated heterocycles. The number of nitrogens with zero attached hydrogens (tertiary/aromatic N) is 2. The molecule has 8 nitrogen and oxygen atoms in total. The average Bonchev–Trinajstić information content (AvgIpc) is 3.19. The number of sulfonamides is 1. The topological polar surface area (TPSA) is 91.0 Å². The Morgan fingerprint density at radius 2 is 1.84 bits per heavy atom. The lowest BCUT2D eigenvalue weighted by atomic mass is 10.2. The molecule has 0 bridgehead atoms. The number of amides is 2. The Hall–Kier alpha value is -2.49. The molecule has 0 spiro atoms. The van der Waals surface area contributed by atoms with Gasteiger partial charge in [-0.15, -0.1) is 0 Å². The van der Waals surface area contributed by atoms with E-state index >= 15 is 0 Å². The van der Waals surface area contributed by atoms with E-state index in [1.165, 1.54) is 4.31 Å². The van der Waals surface area contributed by atoms with Gasteiger partial charge >= 0.3 is 6.03 Å². The van der Waals surface area contributed by atoms with Gasteiger partial charge in [-0.05, 0) is 36.2 Å². The van der Waals surface area contributed by atoms with Crippen molar-refractivity contribution in [1.82, 2.24) is 5.32 Å². The van der Waals surface area contributed by atoms with Crippen LogP contribution in [0, 0.1) is 0 Å². The van der Waals surface area contributed by atoms with E-state index in [9.17, 15) is 13.2 Å². The standard InChI is InChI=1S/C21H25ClN4O4S/c22-17-5-6-20(25-10-12-30-13-11-25)18(15-17)24-21(27)23-8-14-31(28,29)26-9-7-16-3-1-2-4-19(16)26/h1-6,15H,7-14H2,(H2,23,24,27). The number of para-hydroxylation sites is 1. The second kappa shape index (κ2) is 9.33. The lowest BCUT2D eigenvalue weighted by Gasteiger charge is -2.30. The highest BCUT2D eigenvalue weighted by Crippen LogP contribution is 2.31. The SMILES string of the molecule is O=C(NCCS(=O)(=O)N1CCc2ccccc21)Nc1cc(Cl)ccc1N1CCOCC1. The molecule has 10 heteroatoms. The first kappa shape index (κ1) is 21.7. The molecule has 2 amide bonds. The number of benzene rings is 2. The van der Waals surface area contributed by atoms with Gasteiger partial charge in [0.1, 0.15) is 0 Å². The fourth-order valence-corrected chi connectivity index (χ4v) is 5.46. The third-order valence-electron chi connectivity index (χ3n) is 5.38. The number of halogens is 1. The van der Waals surface area contributed by atoms with Crippen LogP contribution in [0.2, 0.25) is 5.02 Å². The molecule has 0 atom stereocenters. The fourth-order valence-electron chi connectivity index (χ4n) is 3.86. The number of anilines is 3. The average molecular weight is 465 g/mol. The molecular weight excluding hydrogens is 440 g/mol. The zero-order valence-corrected chi connectivity index (χ0v) is 18.6. The fraction of sp³-hybridized carbons (Fsp3) is 0.381.